The number of esters is 2. The summed E-state index contributed by atoms with van der Waals surface area (Å²) in [4.78, 5) is 37.0. The predicted molar refractivity (Wildman–Crippen MR) is 110 cm³/mol. The Kier molecular flexibility index (Phi) is 7.78. The highest BCUT2D eigenvalue weighted by atomic mass is 35.5. The van der Waals surface area contributed by atoms with Crippen LogP contribution >= 0.6 is 22.9 Å². The largest absolute Gasteiger partial charge is 0.462 e. The summed E-state index contributed by atoms with van der Waals surface area (Å²) in [5.41, 5.74) is 1.32. The molecule has 0 radical (unpaired) electrons. The molecule has 1 heterocycles. The zero-order valence-corrected chi connectivity index (χ0v) is 17.3. The Morgan fingerprint density at radius 1 is 1.14 bits per heavy atom. The molecule has 1 aromatic carbocycles. The Balaban J connectivity index is 2.29. The average molecular weight is 422 g/mol. The van der Waals surface area contributed by atoms with Crippen molar-refractivity contribution >= 4 is 51.9 Å². The van der Waals surface area contributed by atoms with Gasteiger partial charge in [-0.3, -0.25) is 4.79 Å². The van der Waals surface area contributed by atoms with Crippen LogP contribution in [0.1, 0.15) is 45.0 Å². The Hall–Kier alpha value is -2.64. The van der Waals surface area contributed by atoms with Crippen molar-refractivity contribution < 1.29 is 23.9 Å². The van der Waals surface area contributed by atoms with Gasteiger partial charge in [-0.25, -0.2) is 9.59 Å². The molecule has 0 saturated heterocycles. The molecule has 1 N–H and O–H groups in total. The molecule has 0 bridgehead atoms. The maximum Gasteiger partial charge on any atom is 0.348 e. The van der Waals surface area contributed by atoms with Crippen molar-refractivity contribution in [1.29, 1.82) is 0 Å². The highest BCUT2D eigenvalue weighted by Gasteiger charge is 2.26. The van der Waals surface area contributed by atoms with E-state index in [4.69, 9.17) is 21.1 Å². The molecule has 148 valence electrons. The van der Waals surface area contributed by atoms with Gasteiger partial charge in [-0.1, -0.05) is 23.7 Å². The number of anilines is 1. The van der Waals surface area contributed by atoms with E-state index in [1.807, 2.05) is 0 Å². The Morgan fingerprint density at radius 3 is 2.46 bits per heavy atom. The number of ether oxygens (including phenoxy) is 2. The van der Waals surface area contributed by atoms with Crippen LogP contribution in [0.25, 0.3) is 6.08 Å². The van der Waals surface area contributed by atoms with Crippen LogP contribution in [0.5, 0.6) is 0 Å². The normalized spacial score (nSPS) is 10.7. The predicted octanol–water partition coefficient (Wildman–Crippen LogP) is 4.72. The van der Waals surface area contributed by atoms with E-state index in [9.17, 15) is 14.4 Å². The van der Waals surface area contributed by atoms with Gasteiger partial charge in [-0.15, -0.1) is 11.3 Å². The molecule has 0 saturated carbocycles. The molecule has 0 unspecified atom stereocenters. The first-order valence-electron chi connectivity index (χ1n) is 8.59. The lowest BCUT2D eigenvalue weighted by atomic mass is 10.1. The molecule has 1 amide bonds. The summed E-state index contributed by atoms with van der Waals surface area (Å²) in [7, 11) is 0. The summed E-state index contributed by atoms with van der Waals surface area (Å²) in [5, 5.41) is 3.44. The van der Waals surface area contributed by atoms with Crippen molar-refractivity contribution in [2.45, 2.75) is 20.8 Å². The third kappa shape index (κ3) is 5.43. The van der Waals surface area contributed by atoms with Gasteiger partial charge in [0.25, 0.3) is 0 Å². The lowest BCUT2D eigenvalue weighted by molar-refractivity contribution is -0.111. The summed E-state index contributed by atoms with van der Waals surface area (Å²) in [6.07, 6.45) is 2.91. The number of nitrogens with one attached hydrogen (secondary N) is 1. The van der Waals surface area contributed by atoms with E-state index >= 15 is 0 Å². The van der Waals surface area contributed by atoms with Crippen LogP contribution < -0.4 is 5.32 Å². The number of halogens is 1. The lowest BCUT2D eigenvalue weighted by Crippen LogP contribution is -2.13. The summed E-state index contributed by atoms with van der Waals surface area (Å²) >= 11 is 6.90. The van der Waals surface area contributed by atoms with Gasteiger partial charge in [0.1, 0.15) is 9.88 Å². The minimum atomic E-state index is -0.610. The number of hydrogen-bond donors (Lipinski definition) is 1. The first-order chi connectivity index (χ1) is 13.4. The number of carbonyl (C=O) groups excluding carboxylic acids is 3. The van der Waals surface area contributed by atoms with E-state index in [0.717, 1.165) is 16.9 Å². The van der Waals surface area contributed by atoms with Crippen LogP contribution in [0.2, 0.25) is 5.02 Å². The SMILES string of the molecule is CCOC(=O)c1sc(NC(=O)/C=C/c2cccc(Cl)c2)c(C(=O)OCC)c1C. The van der Waals surface area contributed by atoms with Gasteiger partial charge < -0.3 is 14.8 Å². The molecule has 0 aliphatic rings. The quantitative estimate of drug-likeness (QED) is 0.517. The minimum absolute atomic E-state index is 0.152. The molecule has 6 nitrogen and oxygen atoms in total. The fourth-order valence-electron chi connectivity index (χ4n) is 2.38. The number of benzene rings is 1. The standard InChI is InChI=1S/C20H20ClNO5S/c1-4-26-19(24)16-12(3)17(20(25)27-5-2)28-18(16)22-15(23)10-9-13-7-6-8-14(21)11-13/h6-11H,4-5H2,1-3H3,(H,22,23)/b10-9+. The summed E-state index contributed by atoms with van der Waals surface area (Å²) in [6, 6.07) is 7.01. The van der Waals surface area contributed by atoms with E-state index in [0.29, 0.717) is 10.6 Å². The average Bonchev–Trinajstić information content (AvgIpc) is 2.96. The number of thiophene rings is 1. The molecule has 1 aromatic heterocycles. The molecular weight excluding hydrogens is 402 g/mol. The maximum absolute atomic E-state index is 12.3. The summed E-state index contributed by atoms with van der Waals surface area (Å²) in [6.45, 7) is 5.36. The van der Waals surface area contributed by atoms with Crippen LogP contribution in [0, 0.1) is 6.92 Å². The smallest absolute Gasteiger partial charge is 0.348 e. The second kappa shape index (κ2) is 10.1. The first-order valence-corrected chi connectivity index (χ1v) is 9.79. The highest BCUT2D eigenvalue weighted by molar-refractivity contribution is 7.18. The van der Waals surface area contributed by atoms with Crippen molar-refractivity contribution in [1.82, 2.24) is 0 Å². The van der Waals surface area contributed by atoms with Crippen LogP contribution in [-0.4, -0.2) is 31.1 Å². The van der Waals surface area contributed by atoms with E-state index in [1.165, 1.54) is 6.08 Å². The number of amides is 1. The van der Waals surface area contributed by atoms with E-state index < -0.39 is 17.8 Å². The molecule has 0 spiro atoms. The second-order valence-corrected chi connectivity index (χ2v) is 7.04. The highest BCUT2D eigenvalue weighted by Crippen LogP contribution is 2.34. The number of carbonyl (C=O) groups is 3. The third-order valence-corrected chi connectivity index (χ3v) is 5.02. The van der Waals surface area contributed by atoms with Gasteiger partial charge in [-0.05, 0) is 50.1 Å². The van der Waals surface area contributed by atoms with Gasteiger partial charge in [0.05, 0.1) is 18.8 Å². The van der Waals surface area contributed by atoms with E-state index in [-0.39, 0.29) is 28.7 Å². The lowest BCUT2D eigenvalue weighted by Gasteiger charge is -2.05. The van der Waals surface area contributed by atoms with Gasteiger partial charge in [0.15, 0.2) is 0 Å². The van der Waals surface area contributed by atoms with Crippen LogP contribution in [-0.2, 0) is 14.3 Å². The zero-order chi connectivity index (χ0) is 20.7. The van der Waals surface area contributed by atoms with Gasteiger partial charge in [0.2, 0.25) is 5.91 Å². The third-order valence-electron chi connectivity index (χ3n) is 3.60. The van der Waals surface area contributed by atoms with Crippen LogP contribution in [0.15, 0.2) is 30.3 Å². The van der Waals surface area contributed by atoms with Gasteiger partial charge in [0, 0.05) is 11.1 Å². The molecule has 8 heteroatoms. The number of hydrogen-bond acceptors (Lipinski definition) is 6. The monoisotopic (exact) mass is 421 g/mol. The molecule has 2 aromatic rings. The Labute approximate surface area is 172 Å². The van der Waals surface area contributed by atoms with Crippen molar-refractivity contribution in [3.63, 3.8) is 0 Å². The van der Waals surface area contributed by atoms with Gasteiger partial charge in [-0.2, -0.15) is 0 Å². The summed E-state index contributed by atoms with van der Waals surface area (Å²) in [5.74, 6) is -1.62. The van der Waals surface area contributed by atoms with E-state index in [1.54, 1.807) is 51.1 Å². The fourth-order valence-corrected chi connectivity index (χ4v) is 3.67. The van der Waals surface area contributed by atoms with Crippen molar-refractivity contribution in [3.05, 3.63) is 56.9 Å². The van der Waals surface area contributed by atoms with Crippen LogP contribution in [0.4, 0.5) is 5.00 Å². The molecule has 28 heavy (non-hydrogen) atoms. The minimum Gasteiger partial charge on any atom is -0.462 e. The fraction of sp³-hybridized carbons (Fsp3) is 0.250. The Morgan fingerprint density at radius 2 is 1.82 bits per heavy atom. The molecular formula is C20H20ClNO5S. The van der Waals surface area contributed by atoms with Crippen molar-refractivity contribution in [3.8, 4) is 0 Å². The van der Waals surface area contributed by atoms with Crippen molar-refractivity contribution in [2.75, 3.05) is 18.5 Å². The van der Waals surface area contributed by atoms with Crippen LogP contribution in [0.3, 0.4) is 0 Å². The molecule has 0 atom stereocenters. The zero-order valence-electron chi connectivity index (χ0n) is 15.7. The van der Waals surface area contributed by atoms with Crippen molar-refractivity contribution in [2.24, 2.45) is 0 Å². The molecule has 0 aliphatic carbocycles. The molecule has 0 fully saturated rings. The number of rotatable bonds is 7. The topological polar surface area (TPSA) is 81.7 Å². The van der Waals surface area contributed by atoms with Gasteiger partial charge >= 0.3 is 11.9 Å². The summed E-state index contributed by atoms with van der Waals surface area (Å²) < 4.78 is 10.1. The molecule has 0 aliphatic heterocycles. The maximum atomic E-state index is 12.3. The van der Waals surface area contributed by atoms with E-state index in [2.05, 4.69) is 5.32 Å². The Bertz CT molecular complexity index is 919. The second-order valence-electron chi connectivity index (χ2n) is 5.58. The molecule has 2 rings (SSSR count). The first kappa shape index (κ1) is 21.7.